The van der Waals surface area contributed by atoms with Crippen molar-refractivity contribution in [3.05, 3.63) is 24.3 Å². The molecule has 6 nitrogen and oxygen atoms in total. The van der Waals surface area contributed by atoms with Crippen molar-refractivity contribution < 1.29 is 19.0 Å². The molecule has 6 rings (SSSR count). The number of carbonyl (C=O) groups excluding carboxylic acids is 1. The second kappa shape index (κ2) is 7.36. The van der Waals surface area contributed by atoms with Gasteiger partial charge in [-0.05, 0) is 49.4 Å². The van der Waals surface area contributed by atoms with Crippen molar-refractivity contribution in [1.29, 1.82) is 0 Å². The van der Waals surface area contributed by atoms with Crippen molar-refractivity contribution in [2.75, 3.05) is 44.7 Å². The van der Waals surface area contributed by atoms with Crippen LogP contribution in [-0.2, 0) is 14.3 Å². The maximum atomic E-state index is 13.0. The predicted molar refractivity (Wildman–Crippen MR) is 122 cm³/mol. The van der Waals surface area contributed by atoms with Gasteiger partial charge in [-0.25, -0.2) is 0 Å². The maximum absolute atomic E-state index is 13.0. The van der Waals surface area contributed by atoms with E-state index in [9.17, 15) is 4.79 Å². The molecule has 5 aliphatic rings. The molecule has 0 unspecified atom stereocenters. The number of hydrogen-bond acceptors (Lipinski definition) is 6. The van der Waals surface area contributed by atoms with Crippen LogP contribution < -0.4 is 9.64 Å². The normalized spacial score (nSPS) is 43.2. The Morgan fingerprint density at radius 1 is 1.16 bits per heavy atom. The Morgan fingerprint density at radius 2 is 1.91 bits per heavy atom. The molecule has 3 saturated heterocycles. The molecular formula is C26H36N2O4. The van der Waals surface area contributed by atoms with E-state index in [4.69, 9.17) is 14.2 Å². The lowest BCUT2D eigenvalue weighted by molar-refractivity contribution is -0.146. The minimum Gasteiger partial charge on any atom is -0.497 e. The number of hydrogen-bond donors (Lipinski definition) is 0. The van der Waals surface area contributed by atoms with Crippen LogP contribution in [0.15, 0.2) is 24.3 Å². The number of piperazine rings is 1. The fourth-order valence-corrected chi connectivity index (χ4v) is 7.70. The van der Waals surface area contributed by atoms with Gasteiger partial charge in [-0.1, -0.05) is 20.3 Å². The third-order valence-electron chi connectivity index (χ3n) is 9.46. The SMILES string of the molecule is COc1ccc(N2CCN(C[C@H]3C(=O)O[C@@H]4C[C@]5(C)CCC[C@@H](C)[C@]56O[C@H]6[C@H]43)CC2)cc1. The van der Waals surface area contributed by atoms with Gasteiger partial charge >= 0.3 is 5.97 Å². The highest BCUT2D eigenvalue weighted by Gasteiger charge is 2.78. The number of methoxy groups -OCH3 is 1. The van der Waals surface area contributed by atoms with Gasteiger partial charge in [0.2, 0.25) is 0 Å². The van der Waals surface area contributed by atoms with Crippen molar-refractivity contribution in [1.82, 2.24) is 4.90 Å². The fraction of sp³-hybridized carbons (Fsp3) is 0.731. The Balaban J connectivity index is 1.12. The summed E-state index contributed by atoms with van der Waals surface area (Å²) in [5.41, 5.74) is 1.39. The molecule has 0 N–H and O–H groups in total. The average molecular weight is 441 g/mol. The number of nitrogens with zero attached hydrogens (tertiary/aromatic N) is 2. The summed E-state index contributed by atoms with van der Waals surface area (Å²) in [6, 6.07) is 8.29. The van der Waals surface area contributed by atoms with Crippen LogP contribution in [0.2, 0.25) is 0 Å². The molecule has 3 heterocycles. The number of fused-ring (bicyclic) bond motifs is 2. The molecule has 1 aromatic rings. The summed E-state index contributed by atoms with van der Waals surface area (Å²) in [6.45, 7) is 9.44. The first kappa shape index (κ1) is 20.8. The third-order valence-corrected chi connectivity index (χ3v) is 9.46. The standard InChI is InChI=1S/C26H36N2O4/c1-17-5-4-10-25(2)15-21-22(23-26(17,25)32-23)20(24(29)31-21)16-27-11-13-28(14-12-27)18-6-8-19(30-3)9-7-18/h6-9,17,20-23H,4-5,10-16H2,1-3H3/t17-,20-,21-,22+,23+,25+,26-/m1/s1. The van der Waals surface area contributed by atoms with Gasteiger partial charge in [0.05, 0.1) is 19.1 Å². The van der Waals surface area contributed by atoms with Crippen molar-refractivity contribution in [3.63, 3.8) is 0 Å². The second-order valence-electron chi connectivity index (χ2n) is 11.0. The molecule has 7 atom stereocenters. The summed E-state index contributed by atoms with van der Waals surface area (Å²) in [7, 11) is 1.70. The summed E-state index contributed by atoms with van der Waals surface area (Å²) >= 11 is 0. The fourth-order valence-electron chi connectivity index (χ4n) is 7.70. The van der Waals surface area contributed by atoms with Gasteiger partial charge < -0.3 is 19.1 Å². The van der Waals surface area contributed by atoms with Crippen molar-refractivity contribution >= 4 is 11.7 Å². The molecule has 0 radical (unpaired) electrons. The van der Waals surface area contributed by atoms with Crippen LogP contribution in [0.5, 0.6) is 5.75 Å². The molecule has 0 aromatic heterocycles. The molecule has 2 aliphatic carbocycles. The molecule has 0 bridgehead atoms. The Labute approximate surface area is 191 Å². The summed E-state index contributed by atoms with van der Waals surface area (Å²) in [6.07, 6.45) is 4.94. The van der Waals surface area contributed by atoms with Crippen LogP contribution in [0.25, 0.3) is 0 Å². The van der Waals surface area contributed by atoms with Crippen LogP contribution in [0.3, 0.4) is 0 Å². The Kier molecular flexibility index (Phi) is 4.78. The molecule has 2 saturated carbocycles. The quantitative estimate of drug-likeness (QED) is 0.529. The van der Waals surface area contributed by atoms with Gasteiger partial charge in [0.25, 0.3) is 0 Å². The van der Waals surface area contributed by atoms with E-state index in [1.54, 1.807) is 7.11 Å². The molecule has 1 aromatic carbocycles. The number of ether oxygens (including phenoxy) is 3. The maximum Gasteiger partial charge on any atom is 0.311 e. The summed E-state index contributed by atoms with van der Waals surface area (Å²) in [5.74, 6) is 1.67. The monoisotopic (exact) mass is 440 g/mol. The van der Waals surface area contributed by atoms with E-state index >= 15 is 0 Å². The van der Waals surface area contributed by atoms with Gasteiger partial charge in [0.1, 0.15) is 17.5 Å². The summed E-state index contributed by atoms with van der Waals surface area (Å²) < 4.78 is 17.9. The molecular weight excluding hydrogens is 404 g/mol. The van der Waals surface area contributed by atoms with E-state index in [1.807, 2.05) is 12.1 Å². The van der Waals surface area contributed by atoms with Crippen molar-refractivity contribution in [2.45, 2.75) is 57.3 Å². The van der Waals surface area contributed by atoms with Gasteiger partial charge in [0, 0.05) is 49.7 Å². The lowest BCUT2D eigenvalue weighted by Crippen LogP contribution is -2.55. The van der Waals surface area contributed by atoms with E-state index in [0.29, 0.717) is 5.92 Å². The third kappa shape index (κ3) is 2.95. The first-order valence-electron chi connectivity index (χ1n) is 12.4. The minimum atomic E-state index is -0.0458. The number of epoxide rings is 1. The van der Waals surface area contributed by atoms with Gasteiger partial charge in [-0.15, -0.1) is 0 Å². The van der Waals surface area contributed by atoms with Crippen LogP contribution >= 0.6 is 0 Å². The van der Waals surface area contributed by atoms with Gasteiger partial charge in [-0.2, -0.15) is 0 Å². The van der Waals surface area contributed by atoms with Crippen LogP contribution in [0.1, 0.15) is 39.5 Å². The Morgan fingerprint density at radius 3 is 2.62 bits per heavy atom. The number of benzene rings is 1. The van der Waals surface area contributed by atoms with Crippen molar-refractivity contribution in [3.8, 4) is 5.75 Å². The van der Waals surface area contributed by atoms with Crippen molar-refractivity contribution in [2.24, 2.45) is 23.2 Å². The largest absolute Gasteiger partial charge is 0.497 e. The Hall–Kier alpha value is -1.79. The molecule has 6 heteroatoms. The van der Waals surface area contributed by atoms with E-state index in [-0.39, 0.29) is 41.0 Å². The van der Waals surface area contributed by atoms with E-state index < -0.39 is 0 Å². The number of rotatable bonds is 4. The molecule has 1 spiro atoms. The zero-order valence-corrected chi connectivity index (χ0v) is 19.6. The number of carbonyl (C=O) groups is 1. The number of anilines is 1. The zero-order valence-electron chi connectivity index (χ0n) is 19.6. The summed E-state index contributed by atoms with van der Waals surface area (Å²) in [5, 5.41) is 0. The predicted octanol–water partition coefficient (Wildman–Crippen LogP) is 3.34. The first-order valence-corrected chi connectivity index (χ1v) is 12.4. The van der Waals surface area contributed by atoms with E-state index in [1.165, 1.54) is 24.9 Å². The van der Waals surface area contributed by atoms with Crippen LogP contribution in [0.4, 0.5) is 5.69 Å². The summed E-state index contributed by atoms with van der Waals surface area (Å²) in [4.78, 5) is 17.9. The smallest absolute Gasteiger partial charge is 0.311 e. The lowest BCUT2D eigenvalue weighted by atomic mass is 9.53. The second-order valence-corrected chi connectivity index (χ2v) is 11.0. The highest BCUT2D eigenvalue weighted by molar-refractivity contribution is 5.76. The minimum absolute atomic E-state index is 0.00822. The highest BCUT2D eigenvalue weighted by atomic mass is 16.6. The lowest BCUT2D eigenvalue weighted by Gasteiger charge is -2.49. The molecule has 32 heavy (non-hydrogen) atoms. The highest BCUT2D eigenvalue weighted by Crippen LogP contribution is 2.70. The van der Waals surface area contributed by atoms with Gasteiger partial charge in [-0.3, -0.25) is 9.69 Å². The average Bonchev–Trinajstić information content (AvgIpc) is 3.49. The van der Waals surface area contributed by atoms with Gasteiger partial charge in [0.15, 0.2) is 0 Å². The number of esters is 1. The topological polar surface area (TPSA) is 54.5 Å². The molecule has 0 amide bonds. The van der Waals surface area contributed by atoms with E-state index in [0.717, 1.165) is 44.9 Å². The van der Waals surface area contributed by atoms with Crippen LogP contribution in [0, 0.1) is 23.2 Å². The molecule has 5 fully saturated rings. The Bertz CT molecular complexity index is 882. The van der Waals surface area contributed by atoms with Crippen LogP contribution in [-0.4, -0.2) is 68.5 Å². The molecule has 174 valence electrons. The zero-order chi connectivity index (χ0) is 22.1. The molecule has 3 aliphatic heterocycles. The van der Waals surface area contributed by atoms with E-state index in [2.05, 4.69) is 35.8 Å². The first-order chi connectivity index (χ1) is 15.4.